The number of fused-ring (bicyclic) bond motifs is 1. The van der Waals surface area contributed by atoms with Crippen LogP contribution in [0.1, 0.15) is 31.8 Å². The van der Waals surface area contributed by atoms with Gasteiger partial charge in [0.25, 0.3) is 11.8 Å². The quantitative estimate of drug-likeness (QED) is 0.360. The van der Waals surface area contributed by atoms with Gasteiger partial charge in [-0.25, -0.2) is 4.79 Å². The zero-order valence-corrected chi connectivity index (χ0v) is 21.4. The van der Waals surface area contributed by atoms with Crippen molar-refractivity contribution in [3.05, 3.63) is 95.1 Å². The Balaban J connectivity index is 1.67. The minimum atomic E-state index is -0.474. The fourth-order valence-corrected chi connectivity index (χ4v) is 4.06. The van der Waals surface area contributed by atoms with Gasteiger partial charge in [-0.3, -0.25) is 9.59 Å². The van der Waals surface area contributed by atoms with E-state index in [9.17, 15) is 14.4 Å². The number of amides is 2. The molecule has 0 saturated heterocycles. The largest absolute Gasteiger partial charge is 0.465 e. The number of nitrogens with one attached hydrogen (secondary N) is 2. The number of anilines is 2. The molecule has 0 spiro atoms. The molecule has 4 rings (SSSR count). The summed E-state index contributed by atoms with van der Waals surface area (Å²) in [4.78, 5) is 41.6. The molecule has 0 aromatic heterocycles. The third kappa shape index (κ3) is 5.70. The van der Waals surface area contributed by atoms with Gasteiger partial charge in [0.1, 0.15) is 0 Å². The minimum Gasteiger partial charge on any atom is -0.465 e. The molecule has 2 N–H and O–H groups in total. The number of rotatable bonds is 8. The summed E-state index contributed by atoms with van der Waals surface area (Å²) in [6.07, 6.45) is 0. The predicted octanol–water partition coefficient (Wildman–Crippen LogP) is 4.04. The van der Waals surface area contributed by atoms with E-state index in [0.717, 1.165) is 17.8 Å². The first-order valence-corrected chi connectivity index (χ1v) is 11.9. The topological polar surface area (TPSA) is 91.0 Å². The molecule has 0 unspecified atom stereocenters. The summed E-state index contributed by atoms with van der Waals surface area (Å²) in [7, 11) is 7.05. The molecule has 0 radical (unpaired) electrons. The van der Waals surface area contributed by atoms with Crippen LogP contribution in [0.2, 0.25) is 0 Å². The summed E-state index contributed by atoms with van der Waals surface area (Å²) in [6.45, 7) is 1.41. The van der Waals surface area contributed by atoms with Crippen molar-refractivity contribution in [2.24, 2.45) is 0 Å². The molecule has 0 aliphatic carbocycles. The van der Waals surface area contributed by atoms with Crippen molar-refractivity contribution in [3.8, 4) is 0 Å². The summed E-state index contributed by atoms with van der Waals surface area (Å²) < 4.78 is 4.81. The number of carbonyl (C=O) groups is 3. The van der Waals surface area contributed by atoms with Gasteiger partial charge in [-0.15, -0.1) is 0 Å². The molecule has 0 saturated carbocycles. The number of likely N-dealkylation sites (N-methyl/N-ethyl adjacent to an activating group) is 2. The Morgan fingerprint density at radius 1 is 0.865 bits per heavy atom. The highest BCUT2D eigenvalue weighted by molar-refractivity contribution is 6.37. The number of nitrogens with zero attached hydrogens (tertiary/aromatic N) is 2. The number of esters is 1. The maximum atomic E-state index is 13.1. The SMILES string of the molecule is COC(=O)c1ccc2c(c1)NC(=O)/C2=C(\Nc1ccc(C(=O)N(C)CCN(C)C)cc1)c1ccccc1. The number of methoxy groups -OCH3 is 1. The number of carbonyl (C=O) groups excluding carboxylic acids is 3. The van der Waals surface area contributed by atoms with Gasteiger partial charge >= 0.3 is 5.97 Å². The molecule has 0 fully saturated rings. The number of benzene rings is 3. The normalized spacial score (nSPS) is 13.6. The third-order valence-electron chi connectivity index (χ3n) is 6.13. The monoisotopic (exact) mass is 498 g/mol. The van der Waals surface area contributed by atoms with Gasteiger partial charge in [0.2, 0.25) is 0 Å². The first kappa shape index (κ1) is 25.7. The second-order valence-corrected chi connectivity index (χ2v) is 9.05. The summed E-state index contributed by atoms with van der Waals surface area (Å²) in [5, 5.41) is 6.25. The fraction of sp³-hybridized carbons (Fsp3) is 0.207. The number of ether oxygens (including phenoxy) is 1. The molecule has 2 amide bonds. The molecule has 37 heavy (non-hydrogen) atoms. The average molecular weight is 499 g/mol. The second kappa shape index (κ2) is 11.1. The van der Waals surface area contributed by atoms with Gasteiger partial charge in [0.05, 0.1) is 29.6 Å². The van der Waals surface area contributed by atoms with Crippen LogP contribution in [0.15, 0.2) is 72.8 Å². The molecule has 0 atom stereocenters. The van der Waals surface area contributed by atoms with Crippen LogP contribution < -0.4 is 10.6 Å². The van der Waals surface area contributed by atoms with Crippen LogP contribution in [-0.2, 0) is 9.53 Å². The van der Waals surface area contributed by atoms with Crippen LogP contribution in [-0.4, -0.2) is 68.9 Å². The third-order valence-corrected chi connectivity index (χ3v) is 6.13. The van der Waals surface area contributed by atoms with Crippen LogP contribution in [0.4, 0.5) is 11.4 Å². The minimum absolute atomic E-state index is 0.0551. The lowest BCUT2D eigenvalue weighted by molar-refractivity contribution is -0.110. The lowest BCUT2D eigenvalue weighted by Crippen LogP contribution is -2.33. The van der Waals surface area contributed by atoms with Crippen LogP contribution in [0.5, 0.6) is 0 Å². The molecular formula is C29H30N4O4. The molecule has 8 nitrogen and oxygen atoms in total. The Morgan fingerprint density at radius 2 is 1.54 bits per heavy atom. The number of hydrogen-bond donors (Lipinski definition) is 2. The molecule has 0 bridgehead atoms. The van der Waals surface area contributed by atoms with E-state index in [2.05, 4.69) is 10.6 Å². The van der Waals surface area contributed by atoms with E-state index in [4.69, 9.17) is 4.74 Å². The van der Waals surface area contributed by atoms with Gasteiger partial charge in [-0.2, -0.15) is 0 Å². The highest BCUT2D eigenvalue weighted by Gasteiger charge is 2.29. The van der Waals surface area contributed by atoms with Crippen LogP contribution in [0.25, 0.3) is 11.3 Å². The summed E-state index contributed by atoms with van der Waals surface area (Å²) in [5.74, 6) is -0.809. The van der Waals surface area contributed by atoms with Gasteiger partial charge < -0.3 is 25.2 Å². The molecule has 8 heteroatoms. The Kier molecular flexibility index (Phi) is 7.69. The lowest BCUT2D eigenvalue weighted by atomic mass is 9.99. The van der Waals surface area contributed by atoms with Crippen molar-refractivity contribution in [2.45, 2.75) is 0 Å². The van der Waals surface area contributed by atoms with Crippen molar-refractivity contribution in [2.75, 3.05) is 52.0 Å². The van der Waals surface area contributed by atoms with E-state index in [1.54, 1.807) is 42.3 Å². The Labute approximate surface area is 216 Å². The zero-order valence-electron chi connectivity index (χ0n) is 21.4. The highest BCUT2D eigenvalue weighted by atomic mass is 16.5. The van der Waals surface area contributed by atoms with E-state index in [0.29, 0.717) is 40.2 Å². The first-order valence-electron chi connectivity index (χ1n) is 11.9. The first-order chi connectivity index (χ1) is 17.8. The van der Waals surface area contributed by atoms with E-state index in [-0.39, 0.29) is 11.8 Å². The molecule has 190 valence electrons. The molecule has 1 heterocycles. The van der Waals surface area contributed by atoms with Crippen LogP contribution in [0, 0.1) is 0 Å². The predicted molar refractivity (Wildman–Crippen MR) is 145 cm³/mol. The van der Waals surface area contributed by atoms with Gasteiger partial charge in [-0.1, -0.05) is 36.4 Å². The fourth-order valence-electron chi connectivity index (χ4n) is 4.06. The van der Waals surface area contributed by atoms with E-state index < -0.39 is 5.97 Å². The zero-order chi connectivity index (χ0) is 26.5. The van der Waals surface area contributed by atoms with E-state index >= 15 is 0 Å². The summed E-state index contributed by atoms with van der Waals surface area (Å²) >= 11 is 0. The van der Waals surface area contributed by atoms with Crippen molar-refractivity contribution >= 4 is 40.4 Å². The Bertz CT molecular complexity index is 1350. The van der Waals surface area contributed by atoms with Crippen molar-refractivity contribution in [1.82, 2.24) is 9.80 Å². The van der Waals surface area contributed by atoms with Crippen LogP contribution >= 0.6 is 0 Å². The van der Waals surface area contributed by atoms with E-state index in [1.807, 2.05) is 61.5 Å². The molecule has 1 aliphatic heterocycles. The standard InChI is InChI=1S/C29H30N4O4/c1-32(2)16-17-33(3)28(35)20-10-13-22(14-11-20)30-26(19-8-6-5-7-9-19)25-23-15-12-21(29(36)37-4)18-24(23)31-27(25)34/h5-15,18,30H,16-17H2,1-4H3,(H,31,34)/b26-25-. The summed E-state index contributed by atoms with van der Waals surface area (Å²) in [6, 6.07) is 21.7. The number of hydrogen-bond acceptors (Lipinski definition) is 6. The summed E-state index contributed by atoms with van der Waals surface area (Å²) in [5.41, 5.74) is 4.78. The molecular weight excluding hydrogens is 468 g/mol. The average Bonchev–Trinajstić information content (AvgIpc) is 3.24. The highest BCUT2D eigenvalue weighted by Crippen LogP contribution is 2.38. The smallest absolute Gasteiger partial charge is 0.337 e. The van der Waals surface area contributed by atoms with Crippen molar-refractivity contribution in [1.29, 1.82) is 0 Å². The Morgan fingerprint density at radius 3 is 2.19 bits per heavy atom. The van der Waals surface area contributed by atoms with Gasteiger partial charge in [-0.05, 0) is 56.1 Å². The van der Waals surface area contributed by atoms with Crippen molar-refractivity contribution < 1.29 is 19.1 Å². The van der Waals surface area contributed by atoms with Crippen LogP contribution in [0.3, 0.4) is 0 Å². The Hall–Kier alpha value is -4.43. The maximum absolute atomic E-state index is 13.1. The second-order valence-electron chi connectivity index (χ2n) is 9.05. The van der Waals surface area contributed by atoms with Gasteiger partial charge in [0, 0.05) is 37.0 Å². The molecule has 3 aromatic carbocycles. The maximum Gasteiger partial charge on any atom is 0.337 e. The van der Waals surface area contributed by atoms with Crippen molar-refractivity contribution in [3.63, 3.8) is 0 Å². The molecule has 3 aromatic rings. The van der Waals surface area contributed by atoms with Gasteiger partial charge in [0.15, 0.2) is 0 Å². The lowest BCUT2D eigenvalue weighted by Gasteiger charge is -2.20. The molecule has 1 aliphatic rings. The van der Waals surface area contributed by atoms with E-state index in [1.165, 1.54) is 7.11 Å².